The van der Waals surface area contributed by atoms with Crippen molar-refractivity contribution in [3.63, 3.8) is 0 Å². The third-order valence-corrected chi connectivity index (χ3v) is 1.45. The summed E-state index contributed by atoms with van der Waals surface area (Å²) in [6, 6.07) is 0. The number of hydrogen-bond acceptors (Lipinski definition) is 5. The van der Waals surface area contributed by atoms with E-state index in [-0.39, 0.29) is 0 Å². The number of hydrogen-bond donors (Lipinski definition) is 3. The van der Waals surface area contributed by atoms with E-state index in [0.29, 0.717) is 0 Å². The van der Waals surface area contributed by atoms with Gasteiger partial charge in [-0.15, -0.1) is 0 Å². The largest absolute Gasteiger partial charge is 0.505 e. The van der Waals surface area contributed by atoms with Gasteiger partial charge < -0.3 is 20.1 Å². The van der Waals surface area contributed by atoms with Crippen LogP contribution in [0.4, 0.5) is 4.39 Å². The Morgan fingerprint density at radius 1 is 1.58 bits per heavy atom. The van der Waals surface area contributed by atoms with Gasteiger partial charge in [0.15, 0.2) is 11.9 Å². The molecular weight excluding hydrogens is 170 g/mol. The monoisotopic (exact) mass is 177 g/mol. The summed E-state index contributed by atoms with van der Waals surface area (Å²) < 4.78 is 16.0. The van der Waals surface area contributed by atoms with Gasteiger partial charge in [0.25, 0.3) is 0 Å². The van der Waals surface area contributed by atoms with Gasteiger partial charge in [0.1, 0.15) is 12.8 Å². The van der Waals surface area contributed by atoms with Gasteiger partial charge >= 0.3 is 5.97 Å². The van der Waals surface area contributed by atoms with E-state index in [0.717, 1.165) is 0 Å². The smallest absolute Gasteiger partial charge is 0.377 e. The van der Waals surface area contributed by atoms with Gasteiger partial charge in [-0.2, -0.15) is 0 Å². The molecule has 0 saturated carbocycles. The molecule has 0 unspecified atom stereocenters. The number of carbonyl (C=O) groups is 1. The molecule has 68 valence electrons. The second-order valence-electron chi connectivity index (χ2n) is 2.28. The first kappa shape index (κ1) is 8.79. The Balaban J connectivity index is 2.80. The lowest BCUT2D eigenvalue weighted by atomic mass is 10.2. The Kier molecular flexibility index (Phi) is 2.18. The van der Waals surface area contributed by atoms with Crippen molar-refractivity contribution in [1.29, 1.82) is 0 Å². The van der Waals surface area contributed by atoms with Crippen molar-refractivity contribution in [3.05, 3.63) is 11.5 Å². The number of esters is 1. The Morgan fingerprint density at radius 2 is 2.17 bits per heavy atom. The van der Waals surface area contributed by atoms with Crippen molar-refractivity contribution in [2.24, 2.45) is 0 Å². The molecule has 1 heterocycles. The van der Waals surface area contributed by atoms with E-state index in [9.17, 15) is 9.18 Å². The fourth-order valence-electron chi connectivity index (χ4n) is 0.808. The number of halogens is 1. The van der Waals surface area contributed by atoms with E-state index >= 15 is 0 Å². The lowest BCUT2D eigenvalue weighted by Crippen LogP contribution is -2.30. The Bertz CT molecular complexity index is 236. The van der Waals surface area contributed by atoms with Crippen molar-refractivity contribution in [2.45, 2.75) is 12.2 Å². The molecule has 0 aromatic carbocycles. The number of carbonyl (C=O) groups excluding carboxylic acids is 1. The van der Waals surface area contributed by atoms with Crippen LogP contribution in [-0.4, -0.2) is 40.2 Å². The van der Waals surface area contributed by atoms with E-state index in [1.807, 2.05) is 0 Å². The van der Waals surface area contributed by atoms with Crippen LogP contribution in [0.15, 0.2) is 11.5 Å². The predicted octanol–water partition coefficient (Wildman–Crippen LogP) is -0.430. The molecule has 1 aliphatic heterocycles. The zero-order valence-corrected chi connectivity index (χ0v) is 5.90. The number of aliphatic hydroxyl groups is 3. The molecule has 1 aliphatic rings. The standard InChI is InChI=1S/C6H7FO5/c7-1-2(8)5-3(9)4(10)6(11)12-5/h2,5,8-10H,1H2/t2-,5+/m1/s1/i7-1. The molecule has 0 saturated heterocycles. The minimum atomic E-state index is -1.64. The highest BCUT2D eigenvalue weighted by atomic mass is 18.2. The molecule has 5 nitrogen and oxygen atoms in total. The first-order valence-electron chi connectivity index (χ1n) is 3.15. The predicted molar refractivity (Wildman–Crippen MR) is 34.1 cm³/mol. The fraction of sp³-hybridized carbons (Fsp3) is 0.500. The van der Waals surface area contributed by atoms with E-state index in [1.165, 1.54) is 0 Å². The average molecular weight is 177 g/mol. The molecule has 1 rings (SSSR count). The summed E-state index contributed by atoms with van der Waals surface area (Å²) >= 11 is 0. The first-order valence-corrected chi connectivity index (χ1v) is 3.15. The average Bonchev–Trinajstić information content (AvgIpc) is 2.32. The van der Waals surface area contributed by atoms with Gasteiger partial charge in [-0.3, -0.25) is 0 Å². The van der Waals surface area contributed by atoms with Crippen LogP contribution in [0.2, 0.25) is 0 Å². The zero-order valence-electron chi connectivity index (χ0n) is 5.90. The molecule has 6 heteroatoms. The third kappa shape index (κ3) is 1.20. The highest BCUT2D eigenvalue weighted by Crippen LogP contribution is 2.21. The maximum atomic E-state index is 11.8. The van der Waals surface area contributed by atoms with E-state index < -0.39 is 36.4 Å². The number of alkyl halides is 1. The molecular formula is C6H7FO5. The Labute approximate surface area is 66.7 Å². The van der Waals surface area contributed by atoms with Gasteiger partial charge in [-0.25, -0.2) is 9.18 Å². The van der Waals surface area contributed by atoms with Crippen molar-refractivity contribution >= 4 is 5.97 Å². The van der Waals surface area contributed by atoms with Crippen LogP contribution in [0, 0.1) is 0 Å². The molecule has 0 radical (unpaired) electrons. The first-order chi connectivity index (χ1) is 5.57. The summed E-state index contributed by atoms with van der Waals surface area (Å²) in [7, 11) is 0. The summed E-state index contributed by atoms with van der Waals surface area (Å²) in [5, 5.41) is 26.4. The SMILES string of the molecule is O=C1O[C@@H]([C@H](O)C[18F])C(O)=C1O. The number of rotatable bonds is 2. The van der Waals surface area contributed by atoms with Crippen LogP contribution in [-0.2, 0) is 9.53 Å². The summed E-state index contributed by atoms with van der Waals surface area (Å²) in [5.41, 5.74) is 0. The number of aliphatic hydroxyl groups excluding tert-OH is 3. The van der Waals surface area contributed by atoms with Crippen LogP contribution in [0.1, 0.15) is 0 Å². The molecule has 0 amide bonds. The molecule has 0 aliphatic carbocycles. The summed E-state index contributed by atoms with van der Waals surface area (Å²) in [6.45, 7) is -1.17. The third-order valence-electron chi connectivity index (χ3n) is 1.45. The normalized spacial score (nSPS) is 25.8. The maximum absolute atomic E-state index is 11.8. The molecule has 12 heavy (non-hydrogen) atoms. The van der Waals surface area contributed by atoms with Crippen LogP contribution in [0.3, 0.4) is 0 Å². The van der Waals surface area contributed by atoms with Crippen molar-refractivity contribution < 1.29 is 29.2 Å². The maximum Gasteiger partial charge on any atom is 0.377 e. The molecule has 0 bridgehead atoms. The van der Waals surface area contributed by atoms with Gasteiger partial charge in [0, 0.05) is 0 Å². The molecule has 0 aromatic heterocycles. The topological polar surface area (TPSA) is 87.0 Å². The summed E-state index contributed by atoms with van der Waals surface area (Å²) in [4.78, 5) is 10.5. The van der Waals surface area contributed by atoms with Gasteiger partial charge in [-0.05, 0) is 0 Å². The fourth-order valence-corrected chi connectivity index (χ4v) is 0.808. The number of cyclic esters (lactones) is 1. The van der Waals surface area contributed by atoms with Gasteiger partial charge in [-0.1, -0.05) is 0 Å². The summed E-state index contributed by atoms with van der Waals surface area (Å²) in [5.74, 6) is -2.97. The minimum absolute atomic E-state index is 0.829. The van der Waals surface area contributed by atoms with Crippen molar-refractivity contribution in [1.82, 2.24) is 0 Å². The van der Waals surface area contributed by atoms with E-state index in [2.05, 4.69) is 4.74 Å². The van der Waals surface area contributed by atoms with Crippen LogP contribution >= 0.6 is 0 Å². The lowest BCUT2D eigenvalue weighted by Gasteiger charge is -2.13. The molecule has 2 atom stereocenters. The lowest BCUT2D eigenvalue weighted by molar-refractivity contribution is -0.147. The highest BCUT2D eigenvalue weighted by molar-refractivity contribution is 5.89. The second kappa shape index (κ2) is 2.98. The molecule has 0 fully saturated rings. The Hall–Kier alpha value is -1.30. The van der Waals surface area contributed by atoms with Crippen molar-refractivity contribution in [3.8, 4) is 0 Å². The van der Waals surface area contributed by atoms with E-state index in [4.69, 9.17) is 15.3 Å². The molecule has 3 N–H and O–H groups in total. The van der Waals surface area contributed by atoms with Gasteiger partial charge in [0.2, 0.25) is 5.76 Å². The van der Waals surface area contributed by atoms with Gasteiger partial charge in [0.05, 0.1) is 0 Å². The van der Waals surface area contributed by atoms with Crippen LogP contribution in [0.25, 0.3) is 0 Å². The highest BCUT2D eigenvalue weighted by Gasteiger charge is 2.39. The zero-order chi connectivity index (χ0) is 9.30. The second-order valence-corrected chi connectivity index (χ2v) is 2.28. The minimum Gasteiger partial charge on any atom is -0.505 e. The van der Waals surface area contributed by atoms with Crippen molar-refractivity contribution in [2.75, 3.05) is 6.67 Å². The van der Waals surface area contributed by atoms with Crippen LogP contribution in [0.5, 0.6) is 0 Å². The summed E-state index contributed by atoms with van der Waals surface area (Å²) in [6.07, 6.45) is -3.12. The van der Waals surface area contributed by atoms with Crippen LogP contribution < -0.4 is 0 Å². The Morgan fingerprint density at radius 3 is 2.50 bits per heavy atom. The molecule has 0 aromatic rings. The number of ether oxygens (including phenoxy) is 1. The quantitative estimate of drug-likeness (QED) is 0.498. The molecule has 0 spiro atoms. The van der Waals surface area contributed by atoms with E-state index in [1.54, 1.807) is 0 Å².